The fourth-order valence-corrected chi connectivity index (χ4v) is 2.29. The fourth-order valence-electron chi connectivity index (χ4n) is 1.80. The van der Waals surface area contributed by atoms with Gasteiger partial charge >= 0.3 is 0 Å². The smallest absolute Gasteiger partial charge is 0.236 e. The Bertz CT molecular complexity index is 210. The van der Waals surface area contributed by atoms with Crippen LogP contribution >= 0.6 is 37.7 Å². The van der Waals surface area contributed by atoms with E-state index in [1.165, 1.54) is 38.5 Å². The van der Waals surface area contributed by atoms with E-state index in [0.29, 0.717) is 0 Å². The van der Waals surface area contributed by atoms with Gasteiger partial charge in [0.2, 0.25) is 5.91 Å². The Morgan fingerprint density at radius 2 is 1.70 bits per heavy atom. The maximum absolute atomic E-state index is 11.6. The average Bonchev–Trinajstić information content (AvgIpc) is 2.38. The van der Waals surface area contributed by atoms with Gasteiger partial charge in [0.25, 0.3) is 0 Å². The molecule has 0 aliphatic heterocycles. The molecule has 1 unspecified atom stereocenters. The SMILES string of the molecule is CCCCCCCCCNC(=O)C(N)CCSC.Cl.S. The summed E-state index contributed by atoms with van der Waals surface area (Å²) < 4.78 is 0. The number of hydrogen-bond acceptors (Lipinski definition) is 3. The number of nitrogens with two attached hydrogens (primary N) is 1. The first-order valence-electron chi connectivity index (χ1n) is 7.24. The summed E-state index contributed by atoms with van der Waals surface area (Å²) >= 11 is 1.73. The molecular weight excluding hydrogens is 312 g/mol. The van der Waals surface area contributed by atoms with Crippen LogP contribution in [0.3, 0.4) is 0 Å². The molecule has 0 aromatic carbocycles. The lowest BCUT2D eigenvalue weighted by molar-refractivity contribution is -0.122. The van der Waals surface area contributed by atoms with Crippen LogP contribution in [0.5, 0.6) is 0 Å². The molecule has 3 N–H and O–H groups in total. The van der Waals surface area contributed by atoms with Gasteiger partial charge in [-0.3, -0.25) is 4.79 Å². The molecule has 0 aliphatic carbocycles. The molecule has 6 heteroatoms. The summed E-state index contributed by atoms with van der Waals surface area (Å²) in [6, 6.07) is -0.331. The first-order valence-corrected chi connectivity index (χ1v) is 8.64. The minimum Gasteiger partial charge on any atom is -0.355 e. The molecule has 0 saturated heterocycles. The van der Waals surface area contributed by atoms with Crippen LogP contribution in [0.15, 0.2) is 0 Å². The molecule has 0 fully saturated rings. The summed E-state index contributed by atoms with van der Waals surface area (Å²) in [5.74, 6) is 0.960. The van der Waals surface area contributed by atoms with Crippen molar-refractivity contribution < 1.29 is 4.79 Å². The minimum atomic E-state index is -0.331. The van der Waals surface area contributed by atoms with Gasteiger partial charge in [0, 0.05) is 6.54 Å². The molecule has 0 saturated carbocycles. The Hall–Kier alpha value is 0.420. The third-order valence-corrected chi connectivity index (χ3v) is 3.69. The number of thioether (sulfide) groups is 1. The standard InChI is InChI=1S/C14H30N2OS.ClH.H2S/c1-3-4-5-6-7-8-9-11-16-14(17)13(15)10-12-18-2;;/h13H,3-12,15H2,1-2H3,(H,16,17);1H;1H2. The Balaban J connectivity index is -0.00000144. The van der Waals surface area contributed by atoms with Gasteiger partial charge in [-0.25, -0.2) is 0 Å². The van der Waals surface area contributed by atoms with Crippen LogP contribution in [0, 0.1) is 0 Å². The second-order valence-electron chi connectivity index (χ2n) is 4.80. The molecule has 0 spiro atoms. The number of halogens is 1. The highest BCUT2D eigenvalue weighted by Gasteiger charge is 2.11. The zero-order chi connectivity index (χ0) is 13.6. The van der Waals surface area contributed by atoms with Crippen molar-refractivity contribution in [2.45, 2.75) is 64.3 Å². The van der Waals surface area contributed by atoms with Crippen molar-refractivity contribution in [3.05, 3.63) is 0 Å². The van der Waals surface area contributed by atoms with E-state index in [1.54, 1.807) is 11.8 Å². The number of unbranched alkanes of at least 4 members (excludes halogenated alkanes) is 6. The van der Waals surface area contributed by atoms with Crippen molar-refractivity contribution in [1.29, 1.82) is 0 Å². The van der Waals surface area contributed by atoms with Crippen LogP contribution in [0.4, 0.5) is 0 Å². The molecule has 0 rings (SSSR count). The third kappa shape index (κ3) is 16.5. The highest BCUT2D eigenvalue weighted by atomic mass is 35.5. The largest absolute Gasteiger partial charge is 0.355 e. The van der Waals surface area contributed by atoms with Crippen LogP contribution in [-0.2, 0) is 4.79 Å². The molecule has 0 aromatic rings. The maximum Gasteiger partial charge on any atom is 0.236 e. The van der Waals surface area contributed by atoms with Gasteiger partial charge in [0.15, 0.2) is 0 Å². The number of amides is 1. The molecule has 3 nitrogen and oxygen atoms in total. The van der Waals surface area contributed by atoms with Crippen molar-refractivity contribution in [2.24, 2.45) is 5.73 Å². The third-order valence-electron chi connectivity index (χ3n) is 3.05. The molecule has 20 heavy (non-hydrogen) atoms. The normalized spacial score (nSPS) is 11.2. The monoisotopic (exact) mass is 344 g/mol. The molecule has 1 amide bonds. The van der Waals surface area contributed by atoms with Crippen LogP contribution in [-0.4, -0.2) is 30.5 Å². The van der Waals surface area contributed by atoms with Crippen molar-refractivity contribution in [2.75, 3.05) is 18.6 Å². The van der Waals surface area contributed by atoms with Crippen molar-refractivity contribution in [3.63, 3.8) is 0 Å². The lowest BCUT2D eigenvalue weighted by Gasteiger charge is -2.11. The van der Waals surface area contributed by atoms with E-state index in [-0.39, 0.29) is 37.9 Å². The summed E-state index contributed by atoms with van der Waals surface area (Å²) in [6.07, 6.45) is 11.7. The lowest BCUT2D eigenvalue weighted by Crippen LogP contribution is -2.41. The van der Waals surface area contributed by atoms with Crippen molar-refractivity contribution in [3.8, 4) is 0 Å². The Morgan fingerprint density at radius 1 is 1.15 bits per heavy atom. The van der Waals surface area contributed by atoms with Crippen LogP contribution in [0.2, 0.25) is 0 Å². The Labute approximate surface area is 142 Å². The fraction of sp³-hybridized carbons (Fsp3) is 0.929. The van der Waals surface area contributed by atoms with Crippen molar-refractivity contribution >= 4 is 43.6 Å². The summed E-state index contributed by atoms with van der Waals surface area (Å²) in [5, 5.41) is 2.92. The zero-order valence-electron chi connectivity index (χ0n) is 13.0. The molecule has 1 atom stereocenters. The summed E-state index contributed by atoms with van der Waals surface area (Å²) in [4.78, 5) is 11.6. The van der Waals surface area contributed by atoms with E-state index in [4.69, 9.17) is 5.73 Å². The quantitative estimate of drug-likeness (QED) is 0.533. The van der Waals surface area contributed by atoms with Crippen LogP contribution in [0.1, 0.15) is 58.3 Å². The van der Waals surface area contributed by atoms with Gasteiger partial charge in [0.05, 0.1) is 6.04 Å². The molecule has 0 bridgehead atoms. The zero-order valence-corrected chi connectivity index (χ0v) is 15.6. The number of carbonyl (C=O) groups is 1. The van der Waals surface area contributed by atoms with E-state index in [9.17, 15) is 4.79 Å². The Morgan fingerprint density at radius 3 is 2.25 bits per heavy atom. The van der Waals surface area contributed by atoms with Gasteiger partial charge in [-0.05, 0) is 24.9 Å². The lowest BCUT2D eigenvalue weighted by atomic mass is 10.1. The number of hydrogen-bond donors (Lipinski definition) is 2. The summed E-state index contributed by atoms with van der Waals surface area (Å²) in [6.45, 7) is 3.01. The van der Waals surface area contributed by atoms with Gasteiger partial charge in [0.1, 0.15) is 0 Å². The predicted molar refractivity (Wildman–Crippen MR) is 99.6 cm³/mol. The van der Waals surface area contributed by atoms with E-state index in [2.05, 4.69) is 12.2 Å². The van der Waals surface area contributed by atoms with Gasteiger partial charge < -0.3 is 11.1 Å². The van der Waals surface area contributed by atoms with E-state index in [1.807, 2.05) is 6.26 Å². The second kappa shape index (κ2) is 19.4. The van der Waals surface area contributed by atoms with Gasteiger partial charge in [-0.15, -0.1) is 12.4 Å². The number of rotatable bonds is 12. The second-order valence-corrected chi connectivity index (χ2v) is 5.79. The van der Waals surface area contributed by atoms with Crippen LogP contribution in [0.25, 0.3) is 0 Å². The maximum atomic E-state index is 11.6. The molecular formula is C14H33ClN2OS2. The van der Waals surface area contributed by atoms with E-state index < -0.39 is 0 Å². The molecule has 0 aromatic heterocycles. The Kier molecular flexibility index (Phi) is 24.6. The van der Waals surface area contributed by atoms with Crippen LogP contribution < -0.4 is 11.1 Å². The predicted octanol–water partition coefficient (Wildman–Crippen LogP) is 3.47. The highest BCUT2D eigenvalue weighted by molar-refractivity contribution is 7.98. The number of carbonyl (C=O) groups excluding carboxylic acids is 1. The summed E-state index contributed by atoms with van der Waals surface area (Å²) in [7, 11) is 0. The molecule has 0 heterocycles. The van der Waals surface area contributed by atoms with Crippen molar-refractivity contribution in [1.82, 2.24) is 5.32 Å². The topological polar surface area (TPSA) is 55.1 Å². The average molecular weight is 345 g/mol. The minimum absolute atomic E-state index is 0. The highest BCUT2D eigenvalue weighted by Crippen LogP contribution is 2.06. The molecule has 0 aliphatic rings. The first-order chi connectivity index (χ1) is 8.72. The van der Waals surface area contributed by atoms with E-state index >= 15 is 0 Å². The molecule has 124 valence electrons. The van der Waals surface area contributed by atoms with E-state index in [0.717, 1.165) is 25.1 Å². The molecule has 0 radical (unpaired) electrons. The van der Waals surface area contributed by atoms with Gasteiger partial charge in [-0.2, -0.15) is 25.3 Å². The van der Waals surface area contributed by atoms with Gasteiger partial charge in [-0.1, -0.05) is 45.4 Å². The summed E-state index contributed by atoms with van der Waals surface area (Å²) in [5.41, 5.74) is 5.77. The first kappa shape index (κ1) is 25.4. The number of nitrogens with one attached hydrogen (secondary N) is 1.